The van der Waals surface area contributed by atoms with Crippen LogP contribution in [-0.4, -0.2) is 5.91 Å². The molecule has 17 heavy (non-hydrogen) atoms. The van der Waals surface area contributed by atoms with Crippen LogP contribution in [-0.2, 0) is 0 Å². The van der Waals surface area contributed by atoms with Gasteiger partial charge in [-0.25, -0.2) is 0 Å². The Morgan fingerprint density at radius 3 is 2.53 bits per heavy atom. The highest BCUT2D eigenvalue weighted by molar-refractivity contribution is 7.10. The molecule has 88 valence electrons. The van der Waals surface area contributed by atoms with Crippen molar-refractivity contribution in [3.63, 3.8) is 0 Å². The van der Waals surface area contributed by atoms with Crippen LogP contribution < -0.4 is 11.1 Å². The molecule has 1 atom stereocenters. The van der Waals surface area contributed by atoms with Crippen LogP contribution in [0.4, 0.5) is 5.69 Å². The van der Waals surface area contributed by atoms with Gasteiger partial charge in [0.1, 0.15) is 0 Å². The topological polar surface area (TPSA) is 55.1 Å². The van der Waals surface area contributed by atoms with Crippen molar-refractivity contribution < 1.29 is 4.79 Å². The third kappa shape index (κ3) is 2.85. The van der Waals surface area contributed by atoms with E-state index in [1.54, 1.807) is 23.5 Å². The number of carbonyl (C=O) groups is 1. The number of hydrogen-bond donors (Lipinski definition) is 2. The lowest BCUT2D eigenvalue weighted by Crippen LogP contribution is -2.11. The van der Waals surface area contributed by atoms with E-state index in [1.807, 2.05) is 18.2 Å². The fourth-order valence-corrected chi connectivity index (χ4v) is 2.32. The molecule has 0 aliphatic rings. The monoisotopic (exact) mass is 246 g/mol. The maximum Gasteiger partial charge on any atom is 0.248 e. The van der Waals surface area contributed by atoms with E-state index in [4.69, 9.17) is 5.73 Å². The first-order chi connectivity index (χ1) is 8.16. The van der Waals surface area contributed by atoms with Gasteiger partial charge in [-0.1, -0.05) is 6.07 Å². The molecular formula is C13H14N2OS. The van der Waals surface area contributed by atoms with Gasteiger partial charge >= 0.3 is 0 Å². The average molecular weight is 246 g/mol. The van der Waals surface area contributed by atoms with Gasteiger partial charge in [0.05, 0.1) is 6.04 Å². The molecule has 0 aliphatic heterocycles. The number of hydrogen-bond acceptors (Lipinski definition) is 3. The summed E-state index contributed by atoms with van der Waals surface area (Å²) < 4.78 is 0. The Hall–Kier alpha value is -1.81. The molecule has 1 unspecified atom stereocenters. The summed E-state index contributed by atoms with van der Waals surface area (Å²) in [5.41, 5.74) is 6.69. The number of benzene rings is 1. The zero-order chi connectivity index (χ0) is 12.3. The highest BCUT2D eigenvalue weighted by atomic mass is 32.1. The first-order valence-electron chi connectivity index (χ1n) is 5.36. The summed E-state index contributed by atoms with van der Waals surface area (Å²) in [4.78, 5) is 12.2. The molecule has 0 spiro atoms. The zero-order valence-corrected chi connectivity index (χ0v) is 10.3. The SMILES string of the molecule is CC(Nc1ccc(C(N)=O)cc1)c1cccs1. The van der Waals surface area contributed by atoms with Crippen LogP contribution in [0.3, 0.4) is 0 Å². The molecule has 1 amide bonds. The van der Waals surface area contributed by atoms with Gasteiger partial charge in [0.15, 0.2) is 0 Å². The van der Waals surface area contributed by atoms with Gasteiger partial charge in [0, 0.05) is 16.1 Å². The molecule has 2 aromatic rings. The number of primary amides is 1. The molecule has 0 saturated carbocycles. The molecule has 1 aromatic carbocycles. The molecule has 0 radical (unpaired) electrons. The summed E-state index contributed by atoms with van der Waals surface area (Å²) in [5, 5.41) is 5.43. The van der Waals surface area contributed by atoms with E-state index in [2.05, 4.69) is 23.7 Å². The molecule has 0 bridgehead atoms. The minimum Gasteiger partial charge on any atom is -0.378 e. The van der Waals surface area contributed by atoms with E-state index in [0.29, 0.717) is 5.56 Å². The summed E-state index contributed by atoms with van der Waals surface area (Å²) in [6.45, 7) is 2.10. The molecule has 0 saturated heterocycles. The summed E-state index contributed by atoms with van der Waals surface area (Å²) in [6.07, 6.45) is 0. The van der Waals surface area contributed by atoms with Crippen molar-refractivity contribution in [1.29, 1.82) is 0 Å². The van der Waals surface area contributed by atoms with E-state index in [-0.39, 0.29) is 6.04 Å². The van der Waals surface area contributed by atoms with E-state index in [1.165, 1.54) is 4.88 Å². The van der Waals surface area contributed by atoms with Crippen molar-refractivity contribution >= 4 is 22.9 Å². The maximum absolute atomic E-state index is 10.9. The summed E-state index contributed by atoms with van der Waals surface area (Å²) >= 11 is 1.72. The second-order valence-corrected chi connectivity index (χ2v) is 4.80. The number of thiophene rings is 1. The zero-order valence-electron chi connectivity index (χ0n) is 9.51. The number of anilines is 1. The lowest BCUT2D eigenvalue weighted by molar-refractivity contribution is 0.100. The Bertz CT molecular complexity index is 491. The minimum absolute atomic E-state index is 0.259. The molecule has 1 aromatic heterocycles. The third-order valence-corrected chi connectivity index (χ3v) is 3.58. The third-order valence-electron chi connectivity index (χ3n) is 2.52. The van der Waals surface area contributed by atoms with Crippen molar-refractivity contribution in [1.82, 2.24) is 0 Å². The van der Waals surface area contributed by atoms with E-state index >= 15 is 0 Å². The van der Waals surface area contributed by atoms with Crippen molar-refractivity contribution in [2.45, 2.75) is 13.0 Å². The minimum atomic E-state index is -0.400. The second-order valence-electron chi connectivity index (χ2n) is 3.82. The average Bonchev–Trinajstić information content (AvgIpc) is 2.83. The summed E-state index contributed by atoms with van der Waals surface area (Å²) in [7, 11) is 0. The largest absolute Gasteiger partial charge is 0.378 e. The summed E-state index contributed by atoms with van der Waals surface area (Å²) in [5.74, 6) is -0.400. The fraction of sp³-hybridized carbons (Fsp3) is 0.154. The Morgan fingerprint density at radius 1 is 1.29 bits per heavy atom. The van der Waals surface area contributed by atoms with Gasteiger partial charge in [0.2, 0.25) is 5.91 Å². The number of nitrogens with one attached hydrogen (secondary N) is 1. The quantitative estimate of drug-likeness (QED) is 0.871. The summed E-state index contributed by atoms with van der Waals surface area (Å²) in [6, 6.07) is 11.6. The fourth-order valence-electron chi connectivity index (χ4n) is 1.59. The first-order valence-corrected chi connectivity index (χ1v) is 6.24. The van der Waals surface area contributed by atoms with Crippen LogP contribution >= 0.6 is 11.3 Å². The molecule has 3 N–H and O–H groups in total. The Kier molecular flexibility index (Phi) is 3.44. The lowest BCUT2D eigenvalue weighted by atomic mass is 10.2. The van der Waals surface area contributed by atoms with Crippen LogP contribution in [0, 0.1) is 0 Å². The number of amides is 1. The van der Waals surface area contributed by atoms with Crippen molar-refractivity contribution in [2.24, 2.45) is 5.73 Å². The Morgan fingerprint density at radius 2 is 2.00 bits per heavy atom. The van der Waals surface area contributed by atoms with Crippen molar-refractivity contribution in [3.05, 3.63) is 52.2 Å². The van der Waals surface area contributed by atoms with Crippen LogP contribution in [0.1, 0.15) is 28.2 Å². The van der Waals surface area contributed by atoms with Crippen molar-refractivity contribution in [3.8, 4) is 0 Å². The smallest absolute Gasteiger partial charge is 0.248 e. The first kappa shape index (κ1) is 11.7. The van der Waals surface area contributed by atoms with Crippen molar-refractivity contribution in [2.75, 3.05) is 5.32 Å². The second kappa shape index (κ2) is 5.01. The van der Waals surface area contributed by atoms with Crippen LogP contribution in [0.2, 0.25) is 0 Å². The molecule has 4 heteroatoms. The molecule has 0 fully saturated rings. The van der Waals surface area contributed by atoms with Gasteiger partial charge in [-0.15, -0.1) is 11.3 Å². The number of rotatable bonds is 4. The molecule has 1 heterocycles. The van der Waals surface area contributed by atoms with Crippen LogP contribution in [0.5, 0.6) is 0 Å². The lowest BCUT2D eigenvalue weighted by Gasteiger charge is -2.13. The standard InChI is InChI=1S/C13H14N2OS/c1-9(12-3-2-8-17-12)15-11-6-4-10(5-7-11)13(14)16/h2-9,15H,1H3,(H2,14,16). The number of carbonyl (C=O) groups excluding carboxylic acids is 1. The molecule has 0 aliphatic carbocycles. The van der Waals surface area contributed by atoms with Crippen LogP contribution in [0.15, 0.2) is 41.8 Å². The highest BCUT2D eigenvalue weighted by Crippen LogP contribution is 2.23. The highest BCUT2D eigenvalue weighted by Gasteiger charge is 2.06. The molecular weight excluding hydrogens is 232 g/mol. The van der Waals surface area contributed by atoms with Gasteiger partial charge in [0.25, 0.3) is 0 Å². The Labute approximate surface area is 104 Å². The van der Waals surface area contributed by atoms with E-state index < -0.39 is 5.91 Å². The maximum atomic E-state index is 10.9. The van der Waals surface area contributed by atoms with Gasteiger partial charge < -0.3 is 11.1 Å². The predicted molar refractivity (Wildman–Crippen MR) is 71.3 cm³/mol. The normalized spacial score (nSPS) is 12.1. The van der Waals surface area contributed by atoms with E-state index in [0.717, 1.165) is 5.69 Å². The van der Waals surface area contributed by atoms with Gasteiger partial charge in [-0.2, -0.15) is 0 Å². The van der Waals surface area contributed by atoms with Crippen LogP contribution in [0.25, 0.3) is 0 Å². The van der Waals surface area contributed by atoms with Gasteiger partial charge in [-0.05, 0) is 42.6 Å². The number of nitrogens with two attached hydrogens (primary N) is 1. The van der Waals surface area contributed by atoms with Gasteiger partial charge in [-0.3, -0.25) is 4.79 Å². The predicted octanol–water partition coefficient (Wildman–Crippen LogP) is 3.02. The Balaban J connectivity index is 2.06. The molecule has 2 rings (SSSR count). The molecule has 3 nitrogen and oxygen atoms in total. The van der Waals surface area contributed by atoms with E-state index in [9.17, 15) is 4.79 Å².